The highest BCUT2D eigenvalue weighted by molar-refractivity contribution is 4.91. The maximum Gasteiger partial charge on any atom is 0.0707 e. The molecule has 3 unspecified atom stereocenters. The minimum absolute atomic E-state index is 0.372. The fourth-order valence-corrected chi connectivity index (χ4v) is 3.80. The van der Waals surface area contributed by atoms with Crippen LogP contribution in [0.1, 0.15) is 38.5 Å². The molecule has 4 atom stereocenters. The van der Waals surface area contributed by atoms with Crippen LogP contribution in [0.25, 0.3) is 0 Å². The minimum atomic E-state index is 0.372. The predicted octanol–water partition coefficient (Wildman–Crippen LogP) is 1.40. The summed E-state index contributed by atoms with van der Waals surface area (Å²) in [4.78, 5) is 2.62. The first kappa shape index (κ1) is 11.0. The highest BCUT2D eigenvalue weighted by Crippen LogP contribution is 2.33. The van der Waals surface area contributed by atoms with Gasteiger partial charge in [0.05, 0.1) is 12.2 Å². The maximum atomic E-state index is 9.48. The van der Waals surface area contributed by atoms with Crippen molar-refractivity contribution >= 4 is 0 Å². The number of rotatable bonds is 2. The second-order valence-corrected chi connectivity index (χ2v) is 5.71. The lowest BCUT2D eigenvalue weighted by Gasteiger charge is -2.43. The Morgan fingerprint density at radius 2 is 1.69 bits per heavy atom. The Bertz CT molecular complexity index is 234. The van der Waals surface area contributed by atoms with Crippen molar-refractivity contribution in [1.29, 1.82) is 0 Å². The molecule has 0 spiro atoms. The molecular formula is C13H23NO2. The van der Waals surface area contributed by atoms with Crippen LogP contribution in [0.5, 0.6) is 0 Å². The third kappa shape index (κ3) is 2.01. The number of nitrogens with zero attached hydrogens (tertiary/aromatic N) is 1. The fraction of sp³-hybridized carbons (Fsp3) is 1.00. The molecule has 1 N–H and O–H groups in total. The van der Waals surface area contributed by atoms with Crippen molar-refractivity contribution in [3.8, 4) is 0 Å². The van der Waals surface area contributed by atoms with Crippen LogP contribution in [-0.2, 0) is 4.74 Å². The average molecular weight is 225 g/mol. The molecule has 3 fully saturated rings. The van der Waals surface area contributed by atoms with Crippen molar-refractivity contribution < 1.29 is 9.84 Å². The molecule has 16 heavy (non-hydrogen) atoms. The van der Waals surface area contributed by atoms with Crippen LogP contribution in [0.15, 0.2) is 0 Å². The van der Waals surface area contributed by atoms with Crippen molar-refractivity contribution in [2.75, 3.05) is 19.7 Å². The summed E-state index contributed by atoms with van der Waals surface area (Å²) in [6, 6.07) is 0.630. The molecule has 3 heteroatoms. The Labute approximate surface area is 97.8 Å². The van der Waals surface area contributed by atoms with E-state index in [2.05, 4.69) is 4.90 Å². The lowest BCUT2D eigenvalue weighted by Crippen LogP contribution is -2.52. The van der Waals surface area contributed by atoms with Gasteiger partial charge in [-0.1, -0.05) is 12.8 Å². The summed E-state index contributed by atoms with van der Waals surface area (Å²) in [5, 5.41) is 9.48. The van der Waals surface area contributed by atoms with Gasteiger partial charge in [0, 0.05) is 25.7 Å². The van der Waals surface area contributed by atoms with Gasteiger partial charge in [-0.15, -0.1) is 0 Å². The van der Waals surface area contributed by atoms with Gasteiger partial charge in [0.15, 0.2) is 0 Å². The van der Waals surface area contributed by atoms with Crippen LogP contribution < -0.4 is 0 Å². The smallest absolute Gasteiger partial charge is 0.0707 e. The number of hydrogen-bond donors (Lipinski definition) is 1. The van der Waals surface area contributed by atoms with Crippen molar-refractivity contribution in [2.45, 2.75) is 56.8 Å². The summed E-state index contributed by atoms with van der Waals surface area (Å²) in [6.45, 7) is 2.59. The van der Waals surface area contributed by atoms with E-state index in [4.69, 9.17) is 4.74 Å². The molecule has 0 radical (unpaired) electrons. The van der Waals surface area contributed by atoms with Gasteiger partial charge in [0.2, 0.25) is 0 Å². The number of fused-ring (bicyclic) bond motifs is 2. The largest absolute Gasteiger partial charge is 0.396 e. The van der Waals surface area contributed by atoms with E-state index in [-0.39, 0.29) is 0 Å². The van der Waals surface area contributed by atoms with Gasteiger partial charge in [0.25, 0.3) is 0 Å². The zero-order valence-corrected chi connectivity index (χ0v) is 9.98. The van der Waals surface area contributed by atoms with E-state index in [1.807, 2.05) is 0 Å². The Morgan fingerprint density at radius 1 is 1.00 bits per heavy atom. The van der Waals surface area contributed by atoms with Gasteiger partial charge in [0.1, 0.15) is 0 Å². The molecule has 3 aliphatic rings. The molecule has 2 heterocycles. The summed E-state index contributed by atoms with van der Waals surface area (Å²) in [5.74, 6) is 0.520. The lowest BCUT2D eigenvalue weighted by atomic mass is 9.83. The predicted molar refractivity (Wildman–Crippen MR) is 62.3 cm³/mol. The summed E-state index contributed by atoms with van der Waals surface area (Å²) >= 11 is 0. The van der Waals surface area contributed by atoms with Crippen LogP contribution in [0, 0.1) is 5.92 Å². The van der Waals surface area contributed by atoms with E-state index in [1.165, 1.54) is 38.5 Å². The van der Waals surface area contributed by atoms with Crippen molar-refractivity contribution in [2.24, 2.45) is 5.92 Å². The van der Waals surface area contributed by atoms with E-state index in [0.717, 1.165) is 13.1 Å². The van der Waals surface area contributed by atoms with Gasteiger partial charge >= 0.3 is 0 Å². The van der Waals surface area contributed by atoms with Gasteiger partial charge < -0.3 is 9.84 Å². The van der Waals surface area contributed by atoms with E-state index in [1.54, 1.807) is 0 Å². The van der Waals surface area contributed by atoms with E-state index in [9.17, 15) is 5.11 Å². The first-order chi connectivity index (χ1) is 7.86. The zero-order chi connectivity index (χ0) is 11.0. The van der Waals surface area contributed by atoms with Crippen molar-refractivity contribution in [3.63, 3.8) is 0 Å². The SMILES string of the molecule is OCC1CCCCC1N1CC2CC[C@@H](C1)O2. The summed E-state index contributed by atoms with van der Waals surface area (Å²) in [6.07, 6.45) is 8.61. The van der Waals surface area contributed by atoms with Gasteiger partial charge in [-0.05, 0) is 31.6 Å². The first-order valence-electron chi connectivity index (χ1n) is 6.87. The lowest BCUT2D eigenvalue weighted by molar-refractivity contribution is -0.0707. The highest BCUT2D eigenvalue weighted by atomic mass is 16.5. The molecule has 3 rings (SSSR count). The third-order valence-electron chi connectivity index (χ3n) is 4.64. The molecule has 0 aromatic rings. The minimum Gasteiger partial charge on any atom is -0.396 e. The fourth-order valence-electron chi connectivity index (χ4n) is 3.80. The van der Waals surface area contributed by atoms with Crippen LogP contribution in [-0.4, -0.2) is 48.0 Å². The van der Waals surface area contributed by atoms with Crippen LogP contribution in [0.3, 0.4) is 0 Å². The third-order valence-corrected chi connectivity index (χ3v) is 4.64. The van der Waals surface area contributed by atoms with E-state index in [0.29, 0.717) is 30.8 Å². The zero-order valence-electron chi connectivity index (χ0n) is 9.98. The number of aliphatic hydroxyl groups is 1. The van der Waals surface area contributed by atoms with Gasteiger partial charge in [-0.25, -0.2) is 0 Å². The molecule has 3 nitrogen and oxygen atoms in total. The molecular weight excluding hydrogens is 202 g/mol. The van der Waals surface area contributed by atoms with Gasteiger partial charge in [-0.2, -0.15) is 0 Å². The maximum absolute atomic E-state index is 9.48. The molecule has 2 aliphatic heterocycles. The molecule has 92 valence electrons. The molecule has 1 saturated carbocycles. The van der Waals surface area contributed by atoms with Crippen molar-refractivity contribution in [3.05, 3.63) is 0 Å². The molecule has 0 aromatic heterocycles. The Hall–Kier alpha value is -0.120. The highest BCUT2D eigenvalue weighted by Gasteiger charge is 2.39. The average Bonchev–Trinajstić information content (AvgIpc) is 2.68. The van der Waals surface area contributed by atoms with Crippen LogP contribution in [0.4, 0.5) is 0 Å². The molecule has 1 aliphatic carbocycles. The number of ether oxygens (including phenoxy) is 1. The standard InChI is InChI=1S/C13H23NO2/c15-9-10-3-1-2-4-13(10)14-7-11-5-6-12(8-14)16-11/h10-13,15H,1-9H2/t10?,11-,12?,13?/m0/s1. The molecule has 0 aromatic carbocycles. The van der Waals surface area contributed by atoms with Gasteiger partial charge in [-0.3, -0.25) is 4.90 Å². The molecule has 0 amide bonds. The molecule has 2 saturated heterocycles. The first-order valence-corrected chi connectivity index (χ1v) is 6.87. The van der Waals surface area contributed by atoms with Crippen LogP contribution in [0.2, 0.25) is 0 Å². The summed E-state index contributed by atoms with van der Waals surface area (Å²) in [5.41, 5.74) is 0. The monoisotopic (exact) mass is 225 g/mol. The molecule has 2 bridgehead atoms. The number of aliphatic hydroxyl groups excluding tert-OH is 1. The van der Waals surface area contributed by atoms with Crippen LogP contribution >= 0.6 is 0 Å². The number of morpholine rings is 1. The quantitative estimate of drug-likeness (QED) is 0.771. The Balaban J connectivity index is 1.66. The second kappa shape index (κ2) is 4.63. The normalized spacial score (nSPS) is 44.8. The second-order valence-electron chi connectivity index (χ2n) is 5.71. The van der Waals surface area contributed by atoms with E-state index >= 15 is 0 Å². The topological polar surface area (TPSA) is 32.7 Å². The number of hydrogen-bond acceptors (Lipinski definition) is 3. The number of likely N-dealkylation sites (tertiary alicyclic amines) is 1. The Morgan fingerprint density at radius 3 is 2.38 bits per heavy atom. The Kier molecular flexibility index (Phi) is 3.18. The van der Waals surface area contributed by atoms with E-state index < -0.39 is 0 Å². The summed E-state index contributed by atoms with van der Waals surface area (Å²) in [7, 11) is 0. The summed E-state index contributed by atoms with van der Waals surface area (Å²) < 4.78 is 5.88. The van der Waals surface area contributed by atoms with Crippen molar-refractivity contribution in [1.82, 2.24) is 4.90 Å².